The van der Waals surface area contributed by atoms with E-state index in [-0.39, 0.29) is 36.4 Å². The second-order valence-corrected chi connectivity index (χ2v) is 11.5. The van der Waals surface area contributed by atoms with Gasteiger partial charge in [-0.3, -0.25) is 23.9 Å². The number of rotatable bonds is 7. The summed E-state index contributed by atoms with van der Waals surface area (Å²) in [5, 5.41) is 0.493. The molecule has 0 bridgehead atoms. The van der Waals surface area contributed by atoms with Gasteiger partial charge in [0.05, 0.1) is 42.1 Å². The van der Waals surface area contributed by atoms with E-state index in [9.17, 15) is 18.4 Å². The largest absolute Gasteiger partial charge is 0.434 e. The summed E-state index contributed by atoms with van der Waals surface area (Å²) in [6, 6.07) is 11.9. The van der Waals surface area contributed by atoms with Gasteiger partial charge in [0.2, 0.25) is 0 Å². The summed E-state index contributed by atoms with van der Waals surface area (Å²) in [5.74, 6) is -0.0763. The molecule has 2 saturated heterocycles. The highest BCUT2D eigenvalue weighted by Crippen LogP contribution is 2.28. The first-order valence-corrected chi connectivity index (χ1v) is 14.4. The molecule has 44 heavy (non-hydrogen) atoms. The molecule has 0 saturated carbocycles. The molecule has 0 unspecified atom stereocenters. The van der Waals surface area contributed by atoms with Gasteiger partial charge in [-0.15, -0.1) is 0 Å². The van der Waals surface area contributed by atoms with Crippen LogP contribution in [0.5, 0.6) is 5.75 Å². The lowest BCUT2D eigenvalue weighted by molar-refractivity contribution is -0.161. The first-order chi connectivity index (χ1) is 21.0. The van der Waals surface area contributed by atoms with Crippen LogP contribution in [0.3, 0.4) is 0 Å². The third-order valence-electron chi connectivity index (χ3n) is 8.12. The topological polar surface area (TPSA) is 104 Å². The molecule has 2 aromatic heterocycles. The van der Waals surface area contributed by atoms with Gasteiger partial charge in [0, 0.05) is 43.9 Å². The zero-order valence-electron chi connectivity index (χ0n) is 24.9. The van der Waals surface area contributed by atoms with Crippen LogP contribution in [0.25, 0.3) is 22.2 Å². The average Bonchev–Trinajstić information content (AvgIpc) is 3.48. The summed E-state index contributed by atoms with van der Waals surface area (Å²) in [7, 11) is 1.64. The van der Waals surface area contributed by atoms with Crippen molar-refractivity contribution in [3.63, 3.8) is 0 Å². The SMILES string of the molecule is C[C@@H]1CN(c2cnc(-c3ccc4c(=O)n(C)n(Cc5ccccc5OC(F)F)c4c3)cn2)CCN1C(=O)[C@@H]1COC(C)(C)O1. The molecule has 232 valence electrons. The summed E-state index contributed by atoms with van der Waals surface area (Å²) in [6.45, 7) is 4.75. The maximum atomic E-state index is 13.1. The van der Waals surface area contributed by atoms with Crippen LogP contribution in [0, 0.1) is 0 Å². The number of para-hydroxylation sites is 1. The van der Waals surface area contributed by atoms with Crippen LogP contribution in [0.15, 0.2) is 59.7 Å². The first kappa shape index (κ1) is 29.7. The fourth-order valence-corrected chi connectivity index (χ4v) is 5.85. The Hall–Kier alpha value is -4.36. The van der Waals surface area contributed by atoms with E-state index in [0.717, 1.165) is 5.56 Å². The summed E-state index contributed by atoms with van der Waals surface area (Å²) in [6.07, 6.45) is 2.79. The Morgan fingerprint density at radius 2 is 1.93 bits per heavy atom. The van der Waals surface area contributed by atoms with Crippen LogP contribution in [0.4, 0.5) is 14.6 Å². The third-order valence-corrected chi connectivity index (χ3v) is 8.12. The monoisotopic (exact) mass is 608 g/mol. The number of piperazine rings is 1. The van der Waals surface area contributed by atoms with E-state index < -0.39 is 18.5 Å². The number of hydrogen-bond acceptors (Lipinski definition) is 8. The van der Waals surface area contributed by atoms with Crippen molar-refractivity contribution >= 4 is 22.6 Å². The van der Waals surface area contributed by atoms with Gasteiger partial charge in [0.15, 0.2) is 11.9 Å². The lowest BCUT2D eigenvalue weighted by Crippen LogP contribution is -2.57. The van der Waals surface area contributed by atoms with E-state index in [4.69, 9.17) is 14.2 Å². The molecule has 11 nitrogen and oxygen atoms in total. The number of carbonyl (C=O) groups is 1. The minimum atomic E-state index is -2.96. The molecule has 4 heterocycles. The van der Waals surface area contributed by atoms with Gasteiger partial charge in [-0.05, 0) is 39.0 Å². The molecule has 2 aromatic carbocycles. The van der Waals surface area contributed by atoms with Crippen molar-refractivity contribution in [2.45, 2.75) is 51.9 Å². The number of carbonyl (C=O) groups excluding carboxylic acids is 1. The zero-order valence-corrected chi connectivity index (χ0v) is 24.9. The normalized spacial score (nSPS) is 20.1. The van der Waals surface area contributed by atoms with Gasteiger partial charge in [0.25, 0.3) is 11.5 Å². The Labute approximate surface area is 252 Å². The van der Waals surface area contributed by atoms with Crippen LogP contribution in [-0.4, -0.2) is 80.9 Å². The van der Waals surface area contributed by atoms with Gasteiger partial charge in [0.1, 0.15) is 11.6 Å². The highest BCUT2D eigenvalue weighted by atomic mass is 19.3. The smallest absolute Gasteiger partial charge is 0.387 e. The molecule has 13 heteroatoms. The fraction of sp³-hybridized carbons (Fsp3) is 0.419. The molecule has 2 fully saturated rings. The molecule has 2 atom stereocenters. The highest BCUT2D eigenvalue weighted by molar-refractivity contribution is 5.84. The van der Waals surface area contributed by atoms with E-state index in [1.165, 1.54) is 10.7 Å². The quantitative estimate of drug-likeness (QED) is 0.314. The van der Waals surface area contributed by atoms with E-state index in [1.54, 1.807) is 62.2 Å². The zero-order chi connectivity index (χ0) is 31.2. The average molecular weight is 609 g/mol. The standard InChI is InChI=1S/C31H34F2N6O5/c1-19-16-37(11-12-38(19)29(41)26-18-42-31(2,3)44-26)27-15-34-23(14-35-27)20-9-10-22-24(13-20)39(36(4)28(22)40)17-21-7-5-6-8-25(21)43-30(32)33/h5-10,13-15,19,26,30H,11-12,16-18H2,1-4H3/t19-,26+/m1/s1. The van der Waals surface area contributed by atoms with E-state index in [2.05, 4.69) is 14.9 Å². The van der Waals surface area contributed by atoms with Gasteiger partial charge in [-0.25, -0.2) is 4.98 Å². The minimum absolute atomic E-state index is 0.0544. The van der Waals surface area contributed by atoms with Gasteiger partial charge >= 0.3 is 6.61 Å². The molecule has 0 N–H and O–H groups in total. The van der Waals surface area contributed by atoms with E-state index >= 15 is 0 Å². The summed E-state index contributed by atoms with van der Waals surface area (Å²) in [4.78, 5) is 39.3. The van der Waals surface area contributed by atoms with Gasteiger partial charge < -0.3 is 24.0 Å². The molecule has 2 aliphatic heterocycles. The van der Waals surface area contributed by atoms with Crippen molar-refractivity contribution < 1.29 is 27.8 Å². The number of halogens is 2. The molecule has 0 radical (unpaired) electrons. The van der Waals surface area contributed by atoms with Crippen molar-refractivity contribution in [1.29, 1.82) is 0 Å². The maximum absolute atomic E-state index is 13.1. The summed E-state index contributed by atoms with van der Waals surface area (Å²) in [5.41, 5.74) is 2.30. The predicted molar refractivity (Wildman–Crippen MR) is 159 cm³/mol. The first-order valence-electron chi connectivity index (χ1n) is 14.4. The maximum Gasteiger partial charge on any atom is 0.387 e. The molecule has 0 spiro atoms. The number of amides is 1. The summed E-state index contributed by atoms with van der Waals surface area (Å²) < 4.78 is 45.2. The molecular formula is C31H34F2N6O5. The number of aromatic nitrogens is 4. The predicted octanol–water partition coefficient (Wildman–Crippen LogP) is 3.64. The number of fused-ring (bicyclic) bond motifs is 1. The van der Waals surface area contributed by atoms with Crippen LogP contribution >= 0.6 is 0 Å². The van der Waals surface area contributed by atoms with Crippen molar-refractivity contribution in [1.82, 2.24) is 24.2 Å². The summed E-state index contributed by atoms with van der Waals surface area (Å²) >= 11 is 0. The van der Waals surface area contributed by atoms with Crippen molar-refractivity contribution in [2.24, 2.45) is 7.05 Å². The minimum Gasteiger partial charge on any atom is -0.434 e. The second-order valence-electron chi connectivity index (χ2n) is 11.5. The van der Waals surface area contributed by atoms with Crippen LogP contribution in [-0.2, 0) is 27.9 Å². The van der Waals surface area contributed by atoms with Crippen LogP contribution in [0.1, 0.15) is 26.3 Å². The Morgan fingerprint density at radius 1 is 1.14 bits per heavy atom. The lowest BCUT2D eigenvalue weighted by Gasteiger charge is -2.41. The van der Waals surface area contributed by atoms with Crippen LogP contribution < -0.4 is 15.2 Å². The van der Waals surface area contributed by atoms with Crippen molar-refractivity contribution in [3.8, 4) is 17.0 Å². The van der Waals surface area contributed by atoms with Crippen molar-refractivity contribution in [2.75, 3.05) is 31.1 Å². The van der Waals surface area contributed by atoms with E-state index in [0.29, 0.717) is 47.6 Å². The molecule has 1 amide bonds. The number of ether oxygens (including phenoxy) is 3. The van der Waals surface area contributed by atoms with Gasteiger partial charge in [-0.1, -0.05) is 24.3 Å². The lowest BCUT2D eigenvalue weighted by atomic mass is 10.1. The Balaban J connectivity index is 1.19. The number of anilines is 1. The number of nitrogens with zero attached hydrogens (tertiary/aromatic N) is 6. The van der Waals surface area contributed by atoms with E-state index in [1.807, 2.05) is 24.0 Å². The Kier molecular flexibility index (Phi) is 7.84. The highest BCUT2D eigenvalue weighted by Gasteiger charge is 2.41. The number of benzene rings is 2. The second kappa shape index (κ2) is 11.6. The molecular weight excluding hydrogens is 574 g/mol. The fourth-order valence-electron chi connectivity index (χ4n) is 5.85. The van der Waals surface area contributed by atoms with Crippen molar-refractivity contribution in [3.05, 3.63) is 70.8 Å². The Morgan fingerprint density at radius 3 is 2.61 bits per heavy atom. The number of alkyl halides is 2. The number of hydrogen-bond donors (Lipinski definition) is 0. The van der Waals surface area contributed by atoms with Gasteiger partial charge in [-0.2, -0.15) is 8.78 Å². The molecule has 6 rings (SSSR count). The Bertz CT molecular complexity index is 1740. The molecule has 2 aliphatic rings. The third kappa shape index (κ3) is 5.76. The van der Waals surface area contributed by atoms with Crippen LogP contribution in [0.2, 0.25) is 0 Å². The molecule has 0 aliphatic carbocycles. The molecule has 4 aromatic rings.